The smallest absolute Gasteiger partial charge is 0.269 e. The Labute approximate surface area is 162 Å². The molecule has 0 saturated heterocycles. The molecule has 0 heterocycles. The van der Waals surface area contributed by atoms with Crippen LogP contribution in [-0.2, 0) is 26.0 Å². The zero-order valence-corrected chi connectivity index (χ0v) is 16.1. The van der Waals surface area contributed by atoms with Crippen LogP contribution in [0.4, 0.5) is 11.4 Å². The number of carbonyl (C=O) groups excluding carboxylic acids is 1. The van der Waals surface area contributed by atoms with E-state index in [2.05, 4.69) is 10.0 Å². The van der Waals surface area contributed by atoms with Gasteiger partial charge in [-0.1, -0.05) is 12.1 Å². The van der Waals surface area contributed by atoms with E-state index < -0.39 is 14.9 Å². The van der Waals surface area contributed by atoms with E-state index in [0.29, 0.717) is 24.3 Å². The van der Waals surface area contributed by atoms with Gasteiger partial charge in [0.1, 0.15) is 0 Å². The molecule has 2 aromatic rings. The fraction of sp³-hybridized carbons (Fsp3) is 0.278. The van der Waals surface area contributed by atoms with Gasteiger partial charge in [-0.2, -0.15) is 0 Å². The Hall–Kier alpha value is -2.82. The first kappa shape index (κ1) is 21.5. The highest BCUT2D eigenvalue weighted by atomic mass is 32.2. The van der Waals surface area contributed by atoms with Crippen LogP contribution < -0.4 is 10.0 Å². The summed E-state index contributed by atoms with van der Waals surface area (Å²) in [5.74, 6) is -0.317. The summed E-state index contributed by atoms with van der Waals surface area (Å²) >= 11 is 0. The molecule has 0 aliphatic heterocycles. The standard InChI is InChI=1S/C18H21N3O6S/c1-27-12-2-11-19-28(25,26)17-9-5-15(6-10-17)20-18(22)13-14-3-7-16(8-4-14)21(23)24/h3-10,19H,2,11-13H2,1H3,(H,20,22). The first-order chi connectivity index (χ1) is 13.3. The van der Waals surface area contributed by atoms with Crippen LogP contribution in [0.25, 0.3) is 0 Å². The van der Waals surface area contributed by atoms with Crippen molar-refractivity contribution in [2.45, 2.75) is 17.7 Å². The molecule has 0 unspecified atom stereocenters. The molecule has 1 amide bonds. The molecule has 0 saturated carbocycles. The van der Waals surface area contributed by atoms with Crippen molar-refractivity contribution in [2.24, 2.45) is 0 Å². The summed E-state index contributed by atoms with van der Waals surface area (Å²) in [5.41, 5.74) is 1.03. The number of hydrogen-bond donors (Lipinski definition) is 2. The normalized spacial score (nSPS) is 11.2. The lowest BCUT2D eigenvalue weighted by Gasteiger charge is -2.09. The minimum Gasteiger partial charge on any atom is -0.385 e. The summed E-state index contributed by atoms with van der Waals surface area (Å²) in [4.78, 5) is 22.3. The Morgan fingerprint density at radius 1 is 1.11 bits per heavy atom. The molecule has 28 heavy (non-hydrogen) atoms. The molecule has 0 spiro atoms. The van der Waals surface area contributed by atoms with Gasteiger partial charge >= 0.3 is 0 Å². The Bertz CT molecular complexity index is 911. The summed E-state index contributed by atoms with van der Waals surface area (Å²) in [5, 5.41) is 13.3. The number of benzene rings is 2. The average Bonchev–Trinajstić information content (AvgIpc) is 2.66. The number of anilines is 1. The van der Waals surface area contributed by atoms with Gasteiger partial charge in [-0.05, 0) is 36.2 Å². The number of non-ortho nitro benzene ring substituents is 1. The molecule has 150 valence electrons. The van der Waals surface area contributed by atoms with Gasteiger partial charge in [-0.25, -0.2) is 13.1 Å². The van der Waals surface area contributed by atoms with Crippen LogP contribution in [0.3, 0.4) is 0 Å². The van der Waals surface area contributed by atoms with Gasteiger partial charge in [-0.3, -0.25) is 14.9 Å². The highest BCUT2D eigenvalue weighted by Gasteiger charge is 2.13. The molecule has 9 nitrogen and oxygen atoms in total. The van der Waals surface area contributed by atoms with Crippen LogP contribution in [0.15, 0.2) is 53.4 Å². The van der Waals surface area contributed by atoms with Crippen LogP contribution in [0, 0.1) is 10.1 Å². The lowest BCUT2D eigenvalue weighted by molar-refractivity contribution is -0.384. The maximum Gasteiger partial charge on any atom is 0.269 e. The predicted molar refractivity (Wildman–Crippen MR) is 104 cm³/mol. The number of amides is 1. The van der Waals surface area contributed by atoms with Crippen LogP contribution in [-0.4, -0.2) is 39.5 Å². The molecule has 0 aromatic heterocycles. The summed E-state index contributed by atoms with van der Waals surface area (Å²) in [6, 6.07) is 11.5. The molecular formula is C18H21N3O6S. The van der Waals surface area contributed by atoms with Gasteiger partial charge in [0.25, 0.3) is 5.69 Å². The van der Waals surface area contributed by atoms with Crippen molar-refractivity contribution in [3.8, 4) is 0 Å². The number of hydrogen-bond acceptors (Lipinski definition) is 6. The molecule has 0 atom stereocenters. The van der Waals surface area contributed by atoms with E-state index >= 15 is 0 Å². The molecule has 0 fully saturated rings. The van der Waals surface area contributed by atoms with E-state index in [1.165, 1.54) is 48.5 Å². The first-order valence-corrected chi connectivity index (χ1v) is 9.92. The fourth-order valence-corrected chi connectivity index (χ4v) is 3.42. The number of nitro benzene ring substituents is 1. The Balaban J connectivity index is 1.92. The highest BCUT2D eigenvalue weighted by molar-refractivity contribution is 7.89. The van der Waals surface area contributed by atoms with E-state index in [9.17, 15) is 23.3 Å². The summed E-state index contributed by atoms with van der Waals surface area (Å²) in [6.45, 7) is 0.728. The average molecular weight is 407 g/mol. The number of nitrogens with one attached hydrogen (secondary N) is 2. The van der Waals surface area contributed by atoms with Crippen LogP contribution in [0.2, 0.25) is 0 Å². The van der Waals surface area contributed by atoms with Gasteiger partial charge in [0.2, 0.25) is 15.9 Å². The molecule has 2 aromatic carbocycles. The molecule has 0 bridgehead atoms. The van der Waals surface area contributed by atoms with E-state index in [1.807, 2.05) is 0 Å². The third-order valence-electron chi connectivity index (χ3n) is 3.78. The lowest BCUT2D eigenvalue weighted by atomic mass is 10.1. The quantitative estimate of drug-likeness (QED) is 0.353. The fourth-order valence-electron chi connectivity index (χ4n) is 2.35. The zero-order valence-electron chi connectivity index (χ0n) is 15.3. The van der Waals surface area contributed by atoms with Gasteiger partial charge in [0, 0.05) is 38.1 Å². The molecule has 2 rings (SSSR count). The molecule has 0 aliphatic carbocycles. The molecule has 2 N–H and O–H groups in total. The third kappa shape index (κ3) is 6.41. The maximum atomic E-state index is 12.2. The molecule has 0 radical (unpaired) electrons. The molecular weight excluding hydrogens is 386 g/mol. The van der Waals surface area contributed by atoms with Crippen molar-refractivity contribution in [3.05, 3.63) is 64.2 Å². The van der Waals surface area contributed by atoms with Gasteiger partial charge in [0.15, 0.2) is 0 Å². The Morgan fingerprint density at radius 3 is 2.32 bits per heavy atom. The summed E-state index contributed by atoms with van der Waals surface area (Å²) in [6.07, 6.45) is 0.603. The van der Waals surface area contributed by atoms with Crippen molar-refractivity contribution < 1.29 is 22.9 Å². The Morgan fingerprint density at radius 2 is 1.75 bits per heavy atom. The van der Waals surface area contributed by atoms with E-state index in [0.717, 1.165) is 0 Å². The van der Waals surface area contributed by atoms with Crippen LogP contribution in [0.5, 0.6) is 0 Å². The number of nitrogens with zero attached hydrogens (tertiary/aromatic N) is 1. The first-order valence-electron chi connectivity index (χ1n) is 8.43. The minimum atomic E-state index is -3.62. The van der Waals surface area contributed by atoms with Crippen LogP contribution in [0.1, 0.15) is 12.0 Å². The van der Waals surface area contributed by atoms with Crippen molar-refractivity contribution in [3.63, 3.8) is 0 Å². The van der Waals surface area contributed by atoms with E-state index in [4.69, 9.17) is 4.74 Å². The predicted octanol–water partition coefficient (Wildman–Crippen LogP) is 2.09. The van der Waals surface area contributed by atoms with Crippen LogP contribution >= 0.6 is 0 Å². The van der Waals surface area contributed by atoms with Gasteiger partial charge in [-0.15, -0.1) is 0 Å². The Kier molecular flexibility index (Phi) is 7.61. The number of ether oxygens (including phenoxy) is 1. The second-order valence-corrected chi connectivity index (χ2v) is 7.68. The van der Waals surface area contributed by atoms with Crippen molar-refractivity contribution >= 4 is 27.3 Å². The summed E-state index contributed by atoms with van der Waals surface area (Å²) < 4.78 is 31.7. The van der Waals surface area contributed by atoms with Crippen molar-refractivity contribution in [2.75, 3.05) is 25.6 Å². The zero-order chi connectivity index (χ0) is 20.6. The monoisotopic (exact) mass is 407 g/mol. The second-order valence-electron chi connectivity index (χ2n) is 5.92. The number of nitro groups is 1. The van der Waals surface area contributed by atoms with E-state index in [-0.39, 0.29) is 29.5 Å². The number of methoxy groups -OCH3 is 1. The van der Waals surface area contributed by atoms with Gasteiger partial charge < -0.3 is 10.1 Å². The highest BCUT2D eigenvalue weighted by Crippen LogP contribution is 2.16. The number of rotatable bonds is 10. The number of carbonyl (C=O) groups is 1. The largest absolute Gasteiger partial charge is 0.385 e. The second kappa shape index (κ2) is 9.93. The van der Waals surface area contributed by atoms with Crippen molar-refractivity contribution in [1.29, 1.82) is 0 Å². The van der Waals surface area contributed by atoms with Crippen molar-refractivity contribution in [1.82, 2.24) is 4.72 Å². The summed E-state index contributed by atoms with van der Waals surface area (Å²) in [7, 11) is -2.07. The molecule has 0 aliphatic rings. The SMILES string of the molecule is COCCCNS(=O)(=O)c1ccc(NC(=O)Cc2ccc([N+](=O)[O-])cc2)cc1. The maximum absolute atomic E-state index is 12.2. The third-order valence-corrected chi connectivity index (χ3v) is 5.25. The van der Waals surface area contributed by atoms with Gasteiger partial charge in [0.05, 0.1) is 16.2 Å². The number of sulfonamides is 1. The topological polar surface area (TPSA) is 128 Å². The minimum absolute atomic E-state index is 0.0408. The lowest BCUT2D eigenvalue weighted by Crippen LogP contribution is -2.25. The van der Waals surface area contributed by atoms with E-state index in [1.54, 1.807) is 7.11 Å². The molecule has 10 heteroatoms.